The summed E-state index contributed by atoms with van der Waals surface area (Å²) in [7, 11) is 0. The van der Waals surface area contributed by atoms with Crippen LogP contribution in [0.2, 0.25) is 0 Å². The predicted octanol–water partition coefficient (Wildman–Crippen LogP) is 5.44. The molecular weight excluding hydrogens is 308 g/mol. The molecular formula is C23H18O2. The molecule has 1 aliphatic carbocycles. The van der Waals surface area contributed by atoms with Crippen molar-refractivity contribution in [2.24, 2.45) is 0 Å². The highest BCUT2D eigenvalue weighted by Crippen LogP contribution is 2.40. The Balaban J connectivity index is 1.87. The van der Waals surface area contributed by atoms with Gasteiger partial charge in [-0.2, -0.15) is 0 Å². The summed E-state index contributed by atoms with van der Waals surface area (Å²) in [5.41, 5.74) is 8.82. The van der Waals surface area contributed by atoms with Crippen molar-refractivity contribution >= 4 is 21.7 Å². The van der Waals surface area contributed by atoms with Crippen LogP contribution in [0.4, 0.5) is 0 Å². The average molecular weight is 326 g/mol. The lowest BCUT2D eigenvalue weighted by atomic mass is 9.97. The Kier molecular flexibility index (Phi) is 2.79. The van der Waals surface area contributed by atoms with Crippen molar-refractivity contribution in [3.63, 3.8) is 0 Å². The van der Waals surface area contributed by atoms with E-state index < -0.39 is 0 Å². The van der Waals surface area contributed by atoms with Gasteiger partial charge in [-0.15, -0.1) is 0 Å². The zero-order valence-electron chi connectivity index (χ0n) is 14.6. The quantitative estimate of drug-likeness (QED) is 0.303. The molecule has 0 spiro atoms. The summed E-state index contributed by atoms with van der Waals surface area (Å²) in [6, 6.07) is 14.9. The van der Waals surface area contributed by atoms with Gasteiger partial charge in [0.05, 0.1) is 5.39 Å². The Bertz CT molecular complexity index is 1240. The van der Waals surface area contributed by atoms with E-state index in [0.29, 0.717) is 11.0 Å². The highest BCUT2D eigenvalue weighted by molar-refractivity contribution is 6.11. The van der Waals surface area contributed by atoms with Crippen molar-refractivity contribution in [1.82, 2.24) is 0 Å². The maximum atomic E-state index is 12.5. The molecule has 0 saturated carbocycles. The van der Waals surface area contributed by atoms with Gasteiger partial charge in [0.25, 0.3) is 0 Å². The predicted molar refractivity (Wildman–Crippen MR) is 102 cm³/mol. The summed E-state index contributed by atoms with van der Waals surface area (Å²) in [6.07, 6.45) is 0.863. The molecule has 0 bridgehead atoms. The van der Waals surface area contributed by atoms with Crippen LogP contribution < -0.4 is 5.63 Å². The number of hydrogen-bond donors (Lipinski definition) is 0. The molecule has 0 saturated heterocycles. The molecule has 3 aromatic carbocycles. The molecule has 0 aliphatic heterocycles. The van der Waals surface area contributed by atoms with Crippen LogP contribution in [-0.4, -0.2) is 0 Å². The summed E-state index contributed by atoms with van der Waals surface area (Å²) in [5, 5.41) is 2.90. The third-order valence-electron chi connectivity index (χ3n) is 5.16. The molecule has 2 nitrogen and oxygen atoms in total. The normalized spacial score (nSPS) is 12.6. The van der Waals surface area contributed by atoms with Crippen LogP contribution in [0.1, 0.15) is 27.8 Å². The van der Waals surface area contributed by atoms with E-state index >= 15 is 0 Å². The first-order valence-electron chi connectivity index (χ1n) is 8.61. The zero-order valence-corrected chi connectivity index (χ0v) is 14.6. The third-order valence-corrected chi connectivity index (χ3v) is 5.16. The Labute approximate surface area is 145 Å². The van der Waals surface area contributed by atoms with E-state index in [0.717, 1.165) is 28.3 Å². The Morgan fingerprint density at radius 2 is 1.36 bits per heavy atom. The Hall–Kier alpha value is -2.87. The second kappa shape index (κ2) is 4.82. The van der Waals surface area contributed by atoms with Crippen LogP contribution in [0.5, 0.6) is 0 Å². The summed E-state index contributed by atoms with van der Waals surface area (Å²) >= 11 is 0. The monoisotopic (exact) mass is 326 g/mol. The Morgan fingerprint density at radius 1 is 0.720 bits per heavy atom. The van der Waals surface area contributed by atoms with Gasteiger partial charge in [-0.25, -0.2) is 4.79 Å². The molecule has 0 atom stereocenters. The molecule has 2 heteroatoms. The van der Waals surface area contributed by atoms with Crippen LogP contribution in [0.15, 0.2) is 51.7 Å². The van der Waals surface area contributed by atoms with E-state index in [-0.39, 0.29) is 5.63 Å². The molecule has 1 aromatic heterocycles. The fourth-order valence-electron chi connectivity index (χ4n) is 4.30. The molecule has 0 unspecified atom stereocenters. The van der Waals surface area contributed by atoms with Gasteiger partial charge in [-0.1, -0.05) is 35.4 Å². The first kappa shape index (κ1) is 14.5. The minimum Gasteiger partial charge on any atom is -0.422 e. The molecule has 0 N–H and O–H groups in total. The van der Waals surface area contributed by atoms with Crippen molar-refractivity contribution in [1.29, 1.82) is 0 Å². The molecule has 0 fully saturated rings. The van der Waals surface area contributed by atoms with Crippen LogP contribution in [0.3, 0.4) is 0 Å². The second-order valence-corrected chi connectivity index (χ2v) is 7.30. The van der Waals surface area contributed by atoms with Gasteiger partial charge in [-0.3, -0.25) is 0 Å². The van der Waals surface area contributed by atoms with Gasteiger partial charge >= 0.3 is 5.63 Å². The van der Waals surface area contributed by atoms with Crippen molar-refractivity contribution in [3.8, 4) is 11.1 Å². The highest BCUT2D eigenvalue weighted by Gasteiger charge is 2.22. The van der Waals surface area contributed by atoms with Crippen molar-refractivity contribution < 1.29 is 4.42 Å². The molecule has 4 aromatic rings. The standard InChI is InChI=1S/C23H18O2/c1-12-4-13(2)6-15(5-12)16-9-18-10-17-7-14(3)8-19-21(17)22(18)20(11-16)25-23(19)24/h4-9,11H,10H2,1-3H3. The smallest absolute Gasteiger partial charge is 0.344 e. The summed E-state index contributed by atoms with van der Waals surface area (Å²) in [5.74, 6) is 0. The van der Waals surface area contributed by atoms with Gasteiger partial charge < -0.3 is 4.42 Å². The molecule has 0 amide bonds. The topological polar surface area (TPSA) is 30.2 Å². The van der Waals surface area contributed by atoms with Gasteiger partial charge in [0.2, 0.25) is 0 Å². The minimum atomic E-state index is -0.238. The van der Waals surface area contributed by atoms with Crippen molar-refractivity contribution in [2.45, 2.75) is 27.2 Å². The van der Waals surface area contributed by atoms with Gasteiger partial charge in [0.1, 0.15) is 5.58 Å². The molecule has 25 heavy (non-hydrogen) atoms. The fourth-order valence-corrected chi connectivity index (χ4v) is 4.30. The van der Waals surface area contributed by atoms with E-state index in [4.69, 9.17) is 4.42 Å². The van der Waals surface area contributed by atoms with Gasteiger partial charge in [0.15, 0.2) is 0 Å². The largest absolute Gasteiger partial charge is 0.422 e. The first-order valence-corrected chi connectivity index (χ1v) is 8.61. The number of benzene rings is 3. The van der Waals surface area contributed by atoms with Gasteiger partial charge in [-0.05, 0) is 73.2 Å². The molecule has 1 heterocycles. The summed E-state index contributed by atoms with van der Waals surface area (Å²) in [6.45, 7) is 6.25. The average Bonchev–Trinajstić information content (AvgIpc) is 2.90. The van der Waals surface area contributed by atoms with Gasteiger partial charge in [0, 0.05) is 10.8 Å². The lowest BCUT2D eigenvalue weighted by Crippen LogP contribution is -2.00. The molecule has 122 valence electrons. The van der Waals surface area contributed by atoms with Crippen LogP contribution in [0.25, 0.3) is 32.9 Å². The SMILES string of the molecule is Cc1cc(C)cc(-c2cc3c4c(c2)oc(=O)c2cc(C)cc(c24)C3)c1. The van der Waals surface area contributed by atoms with E-state index in [1.807, 2.05) is 19.1 Å². The van der Waals surface area contributed by atoms with E-state index in [1.54, 1.807) is 0 Å². The Morgan fingerprint density at radius 3 is 2.12 bits per heavy atom. The molecule has 5 rings (SSSR count). The maximum Gasteiger partial charge on any atom is 0.344 e. The van der Waals surface area contributed by atoms with E-state index in [1.165, 1.54) is 27.8 Å². The zero-order chi connectivity index (χ0) is 17.3. The van der Waals surface area contributed by atoms with Crippen LogP contribution in [-0.2, 0) is 6.42 Å². The number of aryl methyl sites for hydroxylation is 3. The lowest BCUT2D eigenvalue weighted by molar-refractivity contribution is 0.570. The summed E-state index contributed by atoms with van der Waals surface area (Å²) in [4.78, 5) is 12.5. The fraction of sp³-hybridized carbons (Fsp3) is 0.174. The molecule has 0 radical (unpaired) electrons. The van der Waals surface area contributed by atoms with Crippen molar-refractivity contribution in [2.75, 3.05) is 0 Å². The molecule has 1 aliphatic rings. The minimum absolute atomic E-state index is 0.238. The van der Waals surface area contributed by atoms with Crippen LogP contribution >= 0.6 is 0 Å². The van der Waals surface area contributed by atoms with E-state index in [9.17, 15) is 4.79 Å². The first-order chi connectivity index (χ1) is 12.0. The number of hydrogen-bond acceptors (Lipinski definition) is 2. The van der Waals surface area contributed by atoms with E-state index in [2.05, 4.69) is 44.2 Å². The van der Waals surface area contributed by atoms with Crippen molar-refractivity contribution in [3.05, 3.63) is 80.7 Å². The maximum absolute atomic E-state index is 12.5. The summed E-state index contributed by atoms with van der Waals surface area (Å²) < 4.78 is 5.71. The lowest BCUT2D eigenvalue weighted by Gasteiger charge is -2.08. The highest BCUT2D eigenvalue weighted by atomic mass is 16.4. The third kappa shape index (κ3) is 2.07. The van der Waals surface area contributed by atoms with Crippen LogP contribution in [0, 0.1) is 20.8 Å². The number of rotatable bonds is 1. The second-order valence-electron chi connectivity index (χ2n) is 7.30.